The van der Waals surface area contributed by atoms with Gasteiger partial charge in [-0.25, -0.2) is 4.98 Å². The predicted octanol–water partition coefficient (Wildman–Crippen LogP) is 12.8. The minimum atomic E-state index is 0.599. The van der Waals surface area contributed by atoms with E-state index in [-0.39, 0.29) is 0 Å². The Kier molecular flexibility index (Phi) is 6.15. The second-order valence-electron chi connectivity index (χ2n) is 12.4. The van der Waals surface area contributed by atoms with Crippen LogP contribution in [0, 0.1) is 0 Å². The Bertz CT molecular complexity index is 2820. The SMILES string of the molecule is c1ccc(-c2ccc(N(c3ccc4ccc5ccccc5c4c3)c3cccc4c3oc3cc5oc(-c6ccccc6)nc5cc34)cc2)cc1. The van der Waals surface area contributed by atoms with E-state index in [2.05, 4.69) is 132 Å². The van der Waals surface area contributed by atoms with Gasteiger partial charge >= 0.3 is 0 Å². The summed E-state index contributed by atoms with van der Waals surface area (Å²) < 4.78 is 13.0. The number of hydrogen-bond acceptors (Lipinski definition) is 4. The molecular formula is C45H28N2O2. The second kappa shape index (κ2) is 11.0. The van der Waals surface area contributed by atoms with Crippen LogP contribution in [-0.2, 0) is 0 Å². The van der Waals surface area contributed by atoms with Crippen molar-refractivity contribution in [2.75, 3.05) is 4.90 Å². The molecule has 4 nitrogen and oxygen atoms in total. The number of benzene rings is 8. The first-order chi connectivity index (χ1) is 24.3. The Morgan fingerprint density at radius 1 is 0.408 bits per heavy atom. The largest absolute Gasteiger partial charge is 0.454 e. The predicted molar refractivity (Wildman–Crippen MR) is 202 cm³/mol. The summed E-state index contributed by atoms with van der Waals surface area (Å²) in [5.41, 5.74) is 9.40. The minimum Gasteiger partial charge on any atom is -0.454 e. The van der Waals surface area contributed by atoms with E-state index in [0.717, 1.165) is 50.1 Å². The van der Waals surface area contributed by atoms with Crippen molar-refractivity contribution < 1.29 is 8.83 Å². The van der Waals surface area contributed by atoms with Gasteiger partial charge in [-0.3, -0.25) is 0 Å². The first-order valence-electron chi connectivity index (χ1n) is 16.5. The minimum absolute atomic E-state index is 0.599. The molecule has 10 rings (SSSR count). The molecule has 0 fully saturated rings. The van der Waals surface area contributed by atoms with Crippen LogP contribution >= 0.6 is 0 Å². The highest BCUT2D eigenvalue weighted by Gasteiger charge is 2.21. The fraction of sp³-hybridized carbons (Fsp3) is 0. The summed E-state index contributed by atoms with van der Waals surface area (Å²) in [4.78, 5) is 7.14. The molecule has 10 aromatic rings. The average Bonchev–Trinajstić information content (AvgIpc) is 3.76. The molecule has 0 saturated heterocycles. The third-order valence-corrected chi connectivity index (χ3v) is 9.47. The standard InChI is InChI=1S/C45H28N2O2/c1-3-10-29(11-4-1)30-20-23-34(24-21-30)47(35-25-22-32-19-18-31-12-7-8-15-36(31)38(32)26-35)41-17-9-16-37-39-27-40-43(28-42(39)48-44(37)41)49-45(46-40)33-13-5-2-6-14-33/h1-28H. The van der Waals surface area contributed by atoms with Crippen LogP contribution in [-0.4, -0.2) is 4.98 Å². The number of rotatable bonds is 5. The molecule has 49 heavy (non-hydrogen) atoms. The summed E-state index contributed by atoms with van der Waals surface area (Å²) in [7, 11) is 0. The van der Waals surface area contributed by atoms with Crippen molar-refractivity contribution in [3.8, 4) is 22.6 Å². The molecule has 0 spiro atoms. The Morgan fingerprint density at radius 2 is 1.06 bits per heavy atom. The summed E-state index contributed by atoms with van der Waals surface area (Å²) in [5.74, 6) is 0.599. The summed E-state index contributed by atoms with van der Waals surface area (Å²) >= 11 is 0. The molecule has 0 atom stereocenters. The molecular weight excluding hydrogens is 601 g/mol. The van der Waals surface area contributed by atoms with Crippen molar-refractivity contribution in [2.24, 2.45) is 0 Å². The van der Waals surface area contributed by atoms with E-state index in [1.807, 2.05) is 42.5 Å². The molecule has 0 N–H and O–H groups in total. The molecule has 0 aliphatic heterocycles. The number of furan rings is 1. The number of aromatic nitrogens is 1. The van der Waals surface area contributed by atoms with Gasteiger partial charge in [0.25, 0.3) is 0 Å². The Morgan fingerprint density at radius 3 is 1.88 bits per heavy atom. The maximum atomic E-state index is 6.75. The van der Waals surface area contributed by atoms with Crippen LogP contribution in [0.2, 0.25) is 0 Å². The first-order valence-corrected chi connectivity index (χ1v) is 16.5. The number of fused-ring (bicyclic) bond motifs is 7. The number of anilines is 3. The number of para-hydroxylation sites is 1. The van der Waals surface area contributed by atoms with E-state index in [1.54, 1.807) is 0 Å². The van der Waals surface area contributed by atoms with Crippen LogP contribution in [0.3, 0.4) is 0 Å². The molecule has 230 valence electrons. The van der Waals surface area contributed by atoms with Gasteiger partial charge in [0.1, 0.15) is 11.1 Å². The topological polar surface area (TPSA) is 42.4 Å². The molecule has 0 radical (unpaired) electrons. The molecule has 8 aromatic carbocycles. The van der Waals surface area contributed by atoms with Crippen LogP contribution in [0.4, 0.5) is 17.1 Å². The maximum absolute atomic E-state index is 6.75. The molecule has 0 bridgehead atoms. The van der Waals surface area contributed by atoms with Crippen molar-refractivity contribution in [1.29, 1.82) is 0 Å². The van der Waals surface area contributed by atoms with E-state index >= 15 is 0 Å². The van der Waals surface area contributed by atoms with E-state index in [9.17, 15) is 0 Å². The van der Waals surface area contributed by atoms with Gasteiger partial charge in [0.15, 0.2) is 11.2 Å². The molecule has 0 saturated carbocycles. The third kappa shape index (κ3) is 4.57. The van der Waals surface area contributed by atoms with Crippen molar-refractivity contribution in [3.63, 3.8) is 0 Å². The zero-order valence-electron chi connectivity index (χ0n) is 26.4. The van der Waals surface area contributed by atoms with E-state index in [1.165, 1.54) is 32.7 Å². The lowest BCUT2D eigenvalue weighted by Gasteiger charge is -2.26. The van der Waals surface area contributed by atoms with Gasteiger partial charge < -0.3 is 13.7 Å². The normalized spacial score (nSPS) is 11.7. The average molecular weight is 629 g/mol. The van der Waals surface area contributed by atoms with E-state index < -0.39 is 0 Å². The van der Waals surface area contributed by atoms with Crippen molar-refractivity contribution in [1.82, 2.24) is 4.98 Å². The molecule has 0 unspecified atom stereocenters. The zero-order chi connectivity index (χ0) is 32.3. The van der Waals surface area contributed by atoms with Gasteiger partial charge in [-0.15, -0.1) is 0 Å². The number of hydrogen-bond donors (Lipinski definition) is 0. The second-order valence-corrected chi connectivity index (χ2v) is 12.4. The highest BCUT2D eigenvalue weighted by atomic mass is 16.4. The van der Waals surface area contributed by atoms with Crippen LogP contribution < -0.4 is 4.90 Å². The van der Waals surface area contributed by atoms with Gasteiger partial charge in [0.05, 0.1) is 5.69 Å². The summed E-state index contributed by atoms with van der Waals surface area (Å²) in [6.07, 6.45) is 0. The number of nitrogens with zero attached hydrogens (tertiary/aromatic N) is 2. The van der Waals surface area contributed by atoms with E-state index in [0.29, 0.717) is 11.5 Å². The fourth-order valence-corrected chi connectivity index (χ4v) is 7.07. The highest BCUT2D eigenvalue weighted by Crippen LogP contribution is 2.44. The lowest BCUT2D eigenvalue weighted by Crippen LogP contribution is -2.10. The Hall–Kier alpha value is -6.65. The monoisotopic (exact) mass is 628 g/mol. The highest BCUT2D eigenvalue weighted by molar-refractivity contribution is 6.14. The lowest BCUT2D eigenvalue weighted by molar-refractivity contribution is 0.617. The molecule has 0 aliphatic rings. The summed E-state index contributed by atoms with van der Waals surface area (Å²) in [5, 5.41) is 6.89. The van der Waals surface area contributed by atoms with Crippen LogP contribution in [0.1, 0.15) is 0 Å². The van der Waals surface area contributed by atoms with Crippen molar-refractivity contribution in [2.45, 2.75) is 0 Å². The molecule has 0 amide bonds. The zero-order valence-corrected chi connectivity index (χ0v) is 26.4. The third-order valence-electron chi connectivity index (χ3n) is 9.47. The van der Waals surface area contributed by atoms with Gasteiger partial charge in [-0.1, -0.05) is 115 Å². The quantitative estimate of drug-likeness (QED) is 0.178. The smallest absolute Gasteiger partial charge is 0.227 e. The van der Waals surface area contributed by atoms with Gasteiger partial charge in [-0.05, 0) is 81.2 Å². The van der Waals surface area contributed by atoms with Crippen LogP contribution in [0.5, 0.6) is 0 Å². The van der Waals surface area contributed by atoms with Gasteiger partial charge in [0, 0.05) is 33.8 Å². The molecule has 2 heterocycles. The van der Waals surface area contributed by atoms with Crippen molar-refractivity contribution in [3.05, 3.63) is 170 Å². The molecule has 2 aromatic heterocycles. The summed E-state index contributed by atoms with van der Waals surface area (Å²) in [6.45, 7) is 0. The van der Waals surface area contributed by atoms with E-state index in [4.69, 9.17) is 13.8 Å². The van der Waals surface area contributed by atoms with Crippen LogP contribution in [0.15, 0.2) is 179 Å². The molecule has 4 heteroatoms. The van der Waals surface area contributed by atoms with Gasteiger partial charge in [-0.2, -0.15) is 0 Å². The van der Waals surface area contributed by atoms with Crippen LogP contribution in [0.25, 0.3) is 77.2 Å². The molecule has 0 aliphatic carbocycles. The Labute approximate surface area is 282 Å². The summed E-state index contributed by atoms with van der Waals surface area (Å²) in [6, 6.07) is 59.3. The van der Waals surface area contributed by atoms with Gasteiger partial charge in [0.2, 0.25) is 5.89 Å². The lowest BCUT2D eigenvalue weighted by atomic mass is 10.0. The maximum Gasteiger partial charge on any atom is 0.227 e. The number of oxazole rings is 1. The first kappa shape index (κ1) is 27.5. The van der Waals surface area contributed by atoms with Crippen molar-refractivity contribution >= 4 is 71.6 Å². The Balaban J connectivity index is 1.17. The fourth-order valence-electron chi connectivity index (χ4n) is 7.07.